The van der Waals surface area contributed by atoms with Crippen molar-refractivity contribution < 1.29 is 34.1 Å². The number of nitrogens with one attached hydrogen (secondary N) is 1. The third kappa shape index (κ3) is 5.37. The molecule has 0 unspecified atom stereocenters. The second kappa shape index (κ2) is 10.4. The molecule has 4 rings (SSSR count). The zero-order valence-corrected chi connectivity index (χ0v) is 21.9. The first-order valence-electron chi connectivity index (χ1n) is 12.0. The van der Waals surface area contributed by atoms with E-state index in [1.165, 1.54) is 12.1 Å². The summed E-state index contributed by atoms with van der Waals surface area (Å²) in [4.78, 5) is 47.0. The van der Waals surface area contributed by atoms with E-state index in [0.29, 0.717) is 22.6 Å². The molecular formula is C28H27N3O8. The van der Waals surface area contributed by atoms with Crippen LogP contribution in [0.5, 0.6) is 23.0 Å². The van der Waals surface area contributed by atoms with Gasteiger partial charge in [-0.15, -0.1) is 0 Å². The lowest BCUT2D eigenvalue weighted by molar-refractivity contribution is -0.137. The van der Waals surface area contributed by atoms with E-state index >= 15 is 0 Å². The van der Waals surface area contributed by atoms with Crippen LogP contribution in [0.15, 0.2) is 45.6 Å². The van der Waals surface area contributed by atoms with Crippen LogP contribution < -0.4 is 15.5 Å². The van der Waals surface area contributed by atoms with E-state index in [-0.39, 0.29) is 34.1 Å². The molecule has 39 heavy (non-hydrogen) atoms. The summed E-state index contributed by atoms with van der Waals surface area (Å²) in [6.45, 7) is 8.76. The quantitative estimate of drug-likeness (QED) is 0.163. The van der Waals surface area contributed by atoms with E-state index in [1.807, 2.05) is 0 Å². The first-order chi connectivity index (χ1) is 18.4. The van der Waals surface area contributed by atoms with Crippen molar-refractivity contribution in [1.29, 1.82) is 0 Å². The number of benzene rings is 2. The normalized spacial score (nSPS) is 11.9. The van der Waals surface area contributed by atoms with Gasteiger partial charge in [0.05, 0.1) is 17.1 Å². The number of carbonyl (C=O) groups excluding carboxylic acids is 2. The minimum Gasteiger partial charge on any atom is -0.504 e. The summed E-state index contributed by atoms with van der Waals surface area (Å²) in [5.41, 5.74) is 1.60. The average Bonchev–Trinajstić information content (AvgIpc) is 2.87. The molecule has 2 heterocycles. The third-order valence-corrected chi connectivity index (χ3v) is 6.21. The standard InChI is InChI=1S/C28H27N3O8/c1-12(2)23(31-27(36)24-15(5)29-13(3)14(4)30-24)28(37)38-17-8-6-16(7-9-17)20-10-18(32)22-21(39-20)11-19(33)25(34)26(22)35/h6-12,23,33-35H,1-5H3,(H,31,36)/t23-/m1/s1. The molecule has 0 aliphatic carbocycles. The first kappa shape index (κ1) is 27.1. The maximum absolute atomic E-state index is 13.0. The molecular weight excluding hydrogens is 506 g/mol. The van der Waals surface area contributed by atoms with Gasteiger partial charge in [0, 0.05) is 17.7 Å². The van der Waals surface area contributed by atoms with Gasteiger partial charge in [0.15, 0.2) is 16.9 Å². The molecule has 4 N–H and O–H groups in total. The predicted molar refractivity (Wildman–Crippen MR) is 141 cm³/mol. The summed E-state index contributed by atoms with van der Waals surface area (Å²) in [6, 6.07) is 7.25. The van der Waals surface area contributed by atoms with Crippen molar-refractivity contribution in [3.05, 3.63) is 69.4 Å². The topological polar surface area (TPSA) is 172 Å². The Bertz CT molecular complexity index is 1660. The molecule has 11 heteroatoms. The Morgan fingerprint density at radius 3 is 2.21 bits per heavy atom. The molecule has 2 aromatic heterocycles. The van der Waals surface area contributed by atoms with Crippen molar-refractivity contribution >= 4 is 22.8 Å². The van der Waals surface area contributed by atoms with Crippen LogP contribution in [-0.2, 0) is 4.79 Å². The zero-order valence-electron chi connectivity index (χ0n) is 21.9. The fourth-order valence-corrected chi connectivity index (χ4v) is 3.93. The number of aryl methyl sites for hydroxylation is 3. The number of hydrogen-bond acceptors (Lipinski definition) is 10. The highest BCUT2D eigenvalue weighted by Crippen LogP contribution is 2.40. The lowest BCUT2D eigenvalue weighted by Gasteiger charge is -2.21. The fourth-order valence-electron chi connectivity index (χ4n) is 3.93. The Balaban J connectivity index is 1.53. The Morgan fingerprint density at radius 2 is 1.56 bits per heavy atom. The number of amides is 1. The number of nitrogens with zero attached hydrogens (tertiary/aromatic N) is 2. The van der Waals surface area contributed by atoms with Gasteiger partial charge in [-0.2, -0.15) is 0 Å². The number of phenolic OH excluding ortho intramolecular Hbond substituents is 3. The van der Waals surface area contributed by atoms with E-state index in [9.17, 15) is 29.7 Å². The molecule has 0 spiro atoms. The van der Waals surface area contributed by atoms with Crippen molar-refractivity contribution in [1.82, 2.24) is 15.3 Å². The molecule has 0 saturated heterocycles. The molecule has 1 amide bonds. The minimum atomic E-state index is -0.963. The zero-order chi connectivity index (χ0) is 28.6. The summed E-state index contributed by atoms with van der Waals surface area (Å²) in [5, 5.41) is 31.8. The molecule has 1 atom stereocenters. The number of hydrogen-bond donors (Lipinski definition) is 4. The monoisotopic (exact) mass is 533 g/mol. The molecule has 0 aliphatic rings. The van der Waals surface area contributed by atoms with Gasteiger partial charge in [-0.25, -0.2) is 9.78 Å². The van der Waals surface area contributed by atoms with Crippen LogP contribution >= 0.6 is 0 Å². The SMILES string of the molecule is Cc1nc(C)c(C(=O)N[C@@H](C(=O)Oc2ccc(-c3cc(=O)c4c(O)c(O)c(O)cc4o3)cc2)C(C)C)nc1C. The van der Waals surface area contributed by atoms with Gasteiger partial charge in [-0.1, -0.05) is 13.8 Å². The summed E-state index contributed by atoms with van der Waals surface area (Å²) in [5.74, 6) is -3.44. The van der Waals surface area contributed by atoms with Crippen molar-refractivity contribution in [2.75, 3.05) is 0 Å². The molecule has 4 aromatic rings. The van der Waals surface area contributed by atoms with Crippen LogP contribution in [0, 0.1) is 26.7 Å². The fraction of sp³-hybridized carbons (Fsp3) is 0.250. The highest BCUT2D eigenvalue weighted by atomic mass is 16.5. The van der Waals surface area contributed by atoms with E-state index < -0.39 is 40.6 Å². The van der Waals surface area contributed by atoms with Crippen LogP contribution in [0.1, 0.15) is 41.4 Å². The average molecular weight is 534 g/mol. The Kier molecular flexibility index (Phi) is 7.26. The number of esters is 1. The van der Waals surface area contributed by atoms with Crippen LogP contribution in [0.3, 0.4) is 0 Å². The van der Waals surface area contributed by atoms with Crippen LogP contribution in [-0.4, -0.2) is 43.2 Å². The Morgan fingerprint density at radius 1 is 0.923 bits per heavy atom. The van der Waals surface area contributed by atoms with Crippen molar-refractivity contribution in [3.8, 4) is 34.3 Å². The number of carbonyl (C=O) groups is 2. The number of fused-ring (bicyclic) bond motifs is 1. The summed E-state index contributed by atoms with van der Waals surface area (Å²) >= 11 is 0. The van der Waals surface area contributed by atoms with Gasteiger partial charge in [-0.05, 0) is 51.0 Å². The van der Waals surface area contributed by atoms with Gasteiger partial charge in [0.1, 0.15) is 34.2 Å². The minimum absolute atomic E-state index is 0.118. The van der Waals surface area contributed by atoms with Crippen molar-refractivity contribution in [2.24, 2.45) is 5.92 Å². The number of aromatic nitrogens is 2. The maximum atomic E-state index is 13.0. The third-order valence-electron chi connectivity index (χ3n) is 6.21. The first-order valence-corrected chi connectivity index (χ1v) is 12.0. The van der Waals surface area contributed by atoms with Crippen LogP contribution in [0.25, 0.3) is 22.3 Å². The summed E-state index contributed by atoms with van der Waals surface area (Å²) in [7, 11) is 0. The van der Waals surface area contributed by atoms with Gasteiger partial charge in [0.25, 0.3) is 5.91 Å². The number of ether oxygens (including phenoxy) is 1. The molecule has 0 fully saturated rings. The second-order valence-corrected chi connectivity index (χ2v) is 9.41. The maximum Gasteiger partial charge on any atom is 0.334 e. The van der Waals surface area contributed by atoms with E-state index in [4.69, 9.17) is 9.15 Å². The molecule has 0 aliphatic heterocycles. The lowest BCUT2D eigenvalue weighted by atomic mass is 10.0. The number of rotatable bonds is 6. The lowest BCUT2D eigenvalue weighted by Crippen LogP contribution is -2.46. The molecule has 202 valence electrons. The molecule has 0 saturated carbocycles. The van der Waals surface area contributed by atoms with Gasteiger partial charge in [-0.3, -0.25) is 14.6 Å². The number of phenols is 3. The van der Waals surface area contributed by atoms with E-state index in [2.05, 4.69) is 15.3 Å². The van der Waals surface area contributed by atoms with Crippen LogP contribution in [0.4, 0.5) is 0 Å². The smallest absolute Gasteiger partial charge is 0.334 e. The second-order valence-electron chi connectivity index (χ2n) is 9.41. The van der Waals surface area contributed by atoms with E-state index in [0.717, 1.165) is 12.1 Å². The van der Waals surface area contributed by atoms with Gasteiger partial charge >= 0.3 is 5.97 Å². The molecule has 2 aromatic carbocycles. The summed E-state index contributed by atoms with van der Waals surface area (Å²) < 4.78 is 11.2. The summed E-state index contributed by atoms with van der Waals surface area (Å²) in [6.07, 6.45) is 0. The number of aromatic hydroxyl groups is 3. The van der Waals surface area contributed by atoms with Crippen molar-refractivity contribution in [2.45, 2.75) is 40.7 Å². The highest BCUT2D eigenvalue weighted by molar-refractivity contribution is 5.96. The van der Waals surface area contributed by atoms with Crippen LogP contribution in [0.2, 0.25) is 0 Å². The molecule has 11 nitrogen and oxygen atoms in total. The Hall–Kier alpha value is -4.93. The Labute approximate surface area is 222 Å². The predicted octanol–water partition coefficient (Wildman–Crippen LogP) is 3.65. The van der Waals surface area contributed by atoms with E-state index in [1.54, 1.807) is 46.8 Å². The van der Waals surface area contributed by atoms with Gasteiger partial charge < -0.3 is 29.8 Å². The molecule has 0 bridgehead atoms. The van der Waals surface area contributed by atoms with Crippen molar-refractivity contribution in [3.63, 3.8) is 0 Å². The molecule has 0 radical (unpaired) electrons. The largest absolute Gasteiger partial charge is 0.504 e. The van der Waals surface area contributed by atoms with Gasteiger partial charge in [0.2, 0.25) is 5.75 Å². The highest BCUT2D eigenvalue weighted by Gasteiger charge is 2.28.